The molecule has 31 heavy (non-hydrogen) atoms. The number of rotatable bonds is 3. The first-order valence-electron chi connectivity index (χ1n) is 10.1. The molecule has 6 nitrogen and oxygen atoms in total. The van der Waals surface area contributed by atoms with Crippen LogP contribution in [-0.4, -0.2) is 32.7 Å². The van der Waals surface area contributed by atoms with Crippen molar-refractivity contribution in [2.75, 3.05) is 0 Å². The van der Waals surface area contributed by atoms with E-state index in [9.17, 15) is 9.59 Å². The summed E-state index contributed by atoms with van der Waals surface area (Å²) in [6.07, 6.45) is 2.10. The number of pyridine rings is 2. The SMILES string of the molecule is NC(=O)[C@@H]1Cc2ccccc2CN1C(=O)c1cc(-c2ccccn2)nc2ccccc12. The highest BCUT2D eigenvalue weighted by Gasteiger charge is 2.34. The van der Waals surface area contributed by atoms with Crippen molar-refractivity contribution in [2.45, 2.75) is 19.0 Å². The third-order valence-electron chi connectivity index (χ3n) is 5.71. The Labute approximate surface area is 179 Å². The van der Waals surface area contributed by atoms with E-state index < -0.39 is 11.9 Å². The van der Waals surface area contributed by atoms with Gasteiger partial charge >= 0.3 is 0 Å². The summed E-state index contributed by atoms with van der Waals surface area (Å²) in [4.78, 5) is 36.7. The summed E-state index contributed by atoms with van der Waals surface area (Å²) in [7, 11) is 0. The van der Waals surface area contributed by atoms with Crippen LogP contribution in [0.25, 0.3) is 22.3 Å². The van der Waals surface area contributed by atoms with Crippen molar-refractivity contribution in [3.8, 4) is 11.4 Å². The number of primary amides is 1. The number of hydrogen-bond acceptors (Lipinski definition) is 4. The predicted molar refractivity (Wildman–Crippen MR) is 118 cm³/mol. The van der Waals surface area contributed by atoms with Gasteiger partial charge in [-0.3, -0.25) is 14.6 Å². The molecule has 0 bridgehead atoms. The molecule has 0 aliphatic carbocycles. The first kappa shape index (κ1) is 18.9. The fourth-order valence-electron chi connectivity index (χ4n) is 4.14. The molecular formula is C25H20N4O2. The molecule has 2 amide bonds. The summed E-state index contributed by atoms with van der Waals surface area (Å²) >= 11 is 0. The maximum absolute atomic E-state index is 13.8. The molecule has 0 saturated heterocycles. The molecule has 5 rings (SSSR count). The lowest BCUT2D eigenvalue weighted by molar-refractivity contribution is -0.122. The molecule has 2 aromatic carbocycles. The first-order valence-corrected chi connectivity index (χ1v) is 10.1. The van der Waals surface area contributed by atoms with Crippen LogP contribution in [0.1, 0.15) is 21.5 Å². The first-order chi connectivity index (χ1) is 15.1. The Morgan fingerprint density at radius 1 is 0.903 bits per heavy atom. The molecule has 2 aromatic heterocycles. The number of carbonyl (C=O) groups excluding carboxylic acids is 2. The van der Waals surface area contributed by atoms with Crippen LogP contribution in [0, 0.1) is 0 Å². The van der Waals surface area contributed by atoms with Crippen LogP contribution in [0.15, 0.2) is 79.0 Å². The van der Waals surface area contributed by atoms with E-state index in [1.807, 2.05) is 66.7 Å². The van der Waals surface area contributed by atoms with Gasteiger partial charge in [0.05, 0.1) is 22.5 Å². The molecule has 152 valence electrons. The van der Waals surface area contributed by atoms with E-state index in [0.717, 1.165) is 16.5 Å². The number of fused-ring (bicyclic) bond motifs is 2. The third-order valence-corrected chi connectivity index (χ3v) is 5.71. The zero-order chi connectivity index (χ0) is 21.4. The van der Waals surface area contributed by atoms with Crippen LogP contribution < -0.4 is 5.73 Å². The van der Waals surface area contributed by atoms with Crippen molar-refractivity contribution in [2.24, 2.45) is 5.73 Å². The minimum Gasteiger partial charge on any atom is -0.368 e. The van der Waals surface area contributed by atoms with Gasteiger partial charge in [0.1, 0.15) is 6.04 Å². The zero-order valence-electron chi connectivity index (χ0n) is 16.7. The topological polar surface area (TPSA) is 89.2 Å². The van der Waals surface area contributed by atoms with Gasteiger partial charge in [-0.25, -0.2) is 4.98 Å². The monoisotopic (exact) mass is 408 g/mol. The van der Waals surface area contributed by atoms with E-state index in [0.29, 0.717) is 35.4 Å². The Balaban J connectivity index is 1.64. The van der Waals surface area contributed by atoms with Crippen LogP contribution >= 0.6 is 0 Å². The largest absolute Gasteiger partial charge is 0.368 e. The van der Waals surface area contributed by atoms with Crippen molar-refractivity contribution in [1.29, 1.82) is 0 Å². The lowest BCUT2D eigenvalue weighted by atomic mass is 9.92. The summed E-state index contributed by atoms with van der Waals surface area (Å²) in [5.74, 6) is -0.750. The Morgan fingerprint density at radius 3 is 2.42 bits per heavy atom. The Bertz CT molecular complexity index is 1300. The molecule has 1 aliphatic heterocycles. The van der Waals surface area contributed by atoms with Crippen molar-refractivity contribution >= 4 is 22.7 Å². The summed E-state index contributed by atoms with van der Waals surface area (Å²) in [6, 6.07) is 22.0. The molecule has 0 unspecified atom stereocenters. The molecule has 2 N–H and O–H groups in total. The van der Waals surface area contributed by atoms with Crippen LogP contribution in [0.4, 0.5) is 0 Å². The number of para-hydroxylation sites is 1. The van der Waals surface area contributed by atoms with Gasteiger partial charge in [0.25, 0.3) is 5.91 Å². The van der Waals surface area contributed by atoms with Crippen LogP contribution in [0.5, 0.6) is 0 Å². The van der Waals surface area contributed by atoms with Crippen molar-refractivity contribution in [3.63, 3.8) is 0 Å². The normalized spacial score (nSPS) is 15.5. The van der Waals surface area contributed by atoms with E-state index in [4.69, 9.17) is 10.7 Å². The quantitative estimate of drug-likeness (QED) is 0.563. The minimum atomic E-state index is -0.701. The van der Waals surface area contributed by atoms with Crippen molar-refractivity contribution in [3.05, 3.63) is 95.7 Å². The summed E-state index contributed by atoms with van der Waals surface area (Å²) in [5, 5.41) is 0.731. The van der Waals surface area contributed by atoms with Crippen molar-refractivity contribution < 1.29 is 9.59 Å². The molecule has 4 aromatic rings. The van der Waals surface area contributed by atoms with E-state index >= 15 is 0 Å². The second kappa shape index (κ2) is 7.65. The van der Waals surface area contributed by atoms with Gasteiger partial charge in [0, 0.05) is 24.5 Å². The van der Waals surface area contributed by atoms with Crippen LogP contribution in [0.2, 0.25) is 0 Å². The molecule has 0 fully saturated rings. The number of benzene rings is 2. The number of amides is 2. The second-order valence-corrected chi connectivity index (χ2v) is 7.61. The average molecular weight is 408 g/mol. The van der Waals surface area contributed by atoms with E-state index in [2.05, 4.69) is 4.98 Å². The standard InChI is InChI=1S/C25H20N4O2/c26-24(30)23-13-16-7-1-2-8-17(16)15-29(23)25(31)19-14-22(21-11-5-6-12-27-21)28-20-10-4-3-9-18(19)20/h1-12,14,23H,13,15H2,(H2,26,30)/t23-/m0/s1. The van der Waals surface area contributed by atoms with Crippen LogP contribution in [-0.2, 0) is 17.8 Å². The van der Waals surface area contributed by atoms with E-state index in [-0.39, 0.29) is 5.91 Å². The fraction of sp³-hybridized carbons (Fsp3) is 0.120. The molecule has 0 spiro atoms. The highest BCUT2D eigenvalue weighted by Crippen LogP contribution is 2.29. The van der Waals surface area contributed by atoms with Gasteiger partial charge in [0.15, 0.2) is 0 Å². The molecule has 3 heterocycles. The Hall–Kier alpha value is -4.06. The van der Waals surface area contributed by atoms with Gasteiger partial charge in [-0.05, 0) is 35.4 Å². The molecule has 0 saturated carbocycles. The highest BCUT2D eigenvalue weighted by atomic mass is 16.2. The number of hydrogen-bond donors (Lipinski definition) is 1. The average Bonchev–Trinajstić information content (AvgIpc) is 2.82. The minimum absolute atomic E-state index is 0.242. The van der Waals surface area contributed by atoms with Gasteiger partial charge in [-0.1, -0.05) is 48.5 Å². The smallest absolute Gasteiger partial charge is 0.255 e. The summed E-state index contributed by atoms with van der Waals surface area (Å²) < 4.78 is 0. The lowest BCUT2D eigenvalue weighted by Gasteiger charge is -2.35. The predicted octanol–water partition coefficient (Wildman–Crippen LogP) is 3.35. The molecular weight excluding hydrogens is 388 g/mol. The second-order valence-electron chi connectivity index (χ2n) is 7.61. The zero-order valence-corrected chi connectivity index (χ0v) is 16.7. The van der Waals surface area contributed by atoms with Crippen LogP contribution in [0.3, 0.4) is 0 Å². The van der Waals surface area contributed by atoms with Gasteiger partial charge in [-0.15, -0.1) is 0 Å². The number of nitrogens with two attached hydrogens (primary N) is 1. The lowest BCUT2D eigenvalue weighted by Crippen LogP contribution is -2.51. The fourth-order valence-corrected chi connectivity index (χ4v) is 4.14. The van der Waals surface area contributed by atoms with E-state index in [1.165, 1.54) is 0 Å². The van der Waals surface area contributed by atoms with Gasteiger partial charge < -0.3 is 10.6 Å². The number of carbonyl (C=O) groups is 2. The van der Waals surface area contributed by atoms with Crippen molar-refractivity contribution in [1.82, 2.24) is 14.9 Å². The molecule has 0 radical (unpaired) electrons. The molecule has 1 atom stereocenters. The summed E-state index contributed by atoms with van der Waals surface area (Å²) in [6.45, 7) is 0.332. The maximum Gasteiger partial charge on any atom is 0.255 e. The molecule has 1 aliphatic rings. The third kappa shape index (κ3) is 3.42. The Morgan fingerprint density at radius 2 is 1.65 bits per heavy atom. The molecule has 6 heteroatoms. The van der Waals surface area contributed by atoms with E-state index in [1.54, 1.807) is 17.2 Å². The van der Waals surface area contributed by atoms with Gasteiger partial charge in [0.2, 0.25) is 5.91 Å². The number of aromatic nitrogens is 2. The number of nitrogens with zero attached hydrogens (tertiary/aromatic N) is 3. The summed E-state index contributed by atoms with van der Waals surface area (Å²) in [5.41, 5.74) is 10.2. The van der Waals surface area contributed by atoms with Gasteiger partial charge in [-0.2, -0.15) is 0 Å². The maximum atomic E-state index is 13.8. The highest BCUT2D eigenvalue weighted by molar-refractivity contribution is 6.08. The Kier molecular flexibility index (Phi) is 4.67.